The lowest BCUT2D eigenvalue weighted by atomic mass is 10.1. The van der Waals surface area contributed by atoms with Crippen LogP contribution in [0.15, 0.2) is 42.5 Å². The summed E-state index contributed by atoms with van der Waals surface area (Å²) >= 11 is 5.89. The molecule has 0 aliphatic carbocycles. The van der Waals surface area contributed by atoms with Gasteiger partial charge in [0.1, 0.15) is 6.61 Å². The minimum Gasteiger partial charge on any atom is -0.493 e. The summed E-state index contributed by atoms with van der Waals surface area (Å²) in [6.45, 7) is 3.29. The Labute approximate surface area is 142 Å². The van der Waals surface area contributed by atoms with Gasteiger partial charge >= 0.3 is 0 Å². The van der Waals surface area contributed by atoms with Crippen molar-refractivity contribution in [1.82, 2.24) is 5.32 Å². The molecule has 0 saturated carbocycles. The lowest BCUT2D eigenvalue weighted by molar-refractivity contribution is 0.190. The lowest BCUT2D eigenvalue weighted by Gasteiger charge is -2.16. The maximum atomic E-state index is 9.35. The van der Waals surface area contributed by atoms with Crippen molar-refractivity contribution < 1.29 is 14.6 Å². The average molecular weight is 336 g/mol. The van der Waals surface area contributed by atoms with Gasteiger partial charge in [-0.2, -0.15) is 0 Å². The van der Waals surface area contributed by atoms with E-state index in [4.69, 9.17) is 21.1 Å². The summed E-state index contributed by atoms with van der Waals surface area (Å²) in [5.41, 5.74) is 2.02. The molecule has 0 amide bonds. The van der Waals surface area contributed by atoms with E-state index in [9.17, 15) is 5.11 Å². The zero-order chi connectivity index (χ0) is 16.7. The molecule has 0 aliphatic heterocycles. The third-order valence-electron chi connectivity index (χ3n) is 3.33. The van der Waals surface area contributed by atoms with Gasteiger partial charge in [0, 0.05) is 23.7 Å². The van der Waals surface area contributed by atoms with Crippen molar-refractivity contribution in [2.45, 2.75) is 26.2 Å². The van der Waals surface area contributed by atoms with Crippen LogP contribution in [0, 0.1) is 0 Å². The number of para-hydroxylation sites is 1. The second-order valence-corrected chi connectivity index (χ2v) is 5.78. The molecule has 2 aromatic rings. The van der Waals surface area contributed by atoms with Gasteiger partial charge in [-0.25, -0.2) is 0 Å². The van der Waals surface area contributed by atoms with Crippen molar-refractivity contribution in [2.75, 3.05) is 13.7 Å². The number of aliphatic hydroxyl groups excluding tert-OH is 1. The number of benzene rings is 2. The molecule has 1 atom stereocenters. The average Bonchev–Trinajstić information content (AvgIpc) is 2.54. The Morgan fingerprint density at radius 2 is 1.91 bits per heavy atom. The number of hydrogen-bond donors (Lipinski definition) is 2. The predicted molar refractivity (Wildman–Crippen MR) is 92.2 cm³/mol. The van der Waals surface area contributed by atoms with Crippen LogP contribution < -0.4 is 14.8 Å². The van der Waals surface area contributed by atoms with Crippen molar-refractivity contribution in [3.63, 3.8) is 0 Å². The summed E-state index contributed by atoms with van der Waals surface area (Å²) in [6.07, 6.45) is -0.390. The van der Waals surface area contributed by atoms with Crippen molar-refractivity contribution >= 4 is 11.6 Å². The molecule has 0 bridgehead atoms. The van der Waals surface area contributed by atoms with E-state index >= 15 is 0 Å². The highest BCUT2D eigenvalue weighted by Crippen LogP contribution is 2.31. The smallest absolute Gasteiger partial charge is 0.166 e. The normalized spacial score (nSPS) is 12.0. The van der Waals surface area contributed by atoms with Gasteiger partial charge in [-0.15, -0.1) is 0 Å². The third kappa shape index (κ3) is 5.43. The fraction of sp³-hybridized carbons (Fsp3) is 0.333. The topological polar surface area (TPSA) is 50.7 Å². The Morgan fingerprint density at radius 1 is 1.17 bits per heavy atom. The van der Waals surface area contributed by atoms with Crippen LogP contribution in [-0.4, -0.2) is 24.9 Å². The standard InChI is InChI=1S/C18H22ClNO3/c1-13(21)10-20-11-15-4-3-5-17(22-2)18(15)23-12-14-6-8-16(19)9-7-14/h3-9,13,20-21H,10-12H2,1-2H3/t13-/m1/s1. The summed E-state index contributed by atoms with van der Waals surface area (Å²) in [6, 6.07) is 13.3. The Bertz CT molecular complexity index is 614. The van der Waals surface area contributed by atoms with Gasteiger partial charge in [-0.05, 0) is 30.7 Å². The third-order valence-corrected chi connectivity index (χ3v) is 3.58. The molecule has 23 heavy (non-hydrogen) atoms. The van der Waals surface area contributed by atoms with Crippen LogP contribution in [0.25, 0.3) is 0 Å². The zero-order valence-electron chi connectivity index (χ0n) is 13.4. The molecule has 2 rings (SSSR count). The Kier molecular flexibility index (Phi) is 6.71. The molecule has 4 nitrogen and oxygen atoms in total. The van der Waals surface area contributed by atoms with Gasteiger partial charge < -0.3 is 19.9 Å². The number of aliphatic hydroxyl groups is 1. The molecule has 0 unspecified atom stereocenters. The van der Waals surface area contributed by atoms with Crippen molar-refractivity contribution in [3.05, 3.63) is 58.6 Å². The minimum atomic E-state index is -0.390. The van der Waals surface area contributed by atoms with Gasteiger partial charge in [0.2, 0.25) is 0 Å². The number of hydrogen-bond acceptors (Lipinski definition) is 4. The summed E-state index contributed by atoms with van der Waals surface area (Å²) in [7, 11) is 1.62. The molecule has 0 radical (unpaired) electrons. The number of methoxy groups -OCH3 is 1. The number of halogens is 1. The SMILES string of the molecule is COc1cccc(CNC[C@@H](C)O)c1OCc1ccc(Cl)cc1. The summed E-state index contributed by atoms with van der Waals surface area (Å²) in [5, 5.41) is 13.2. The van der Waals surface area contributed by atoms with Crippen LogP contribution in [-0.2, 0) is 13.2 Å². The van der Waals surface area contributed by atoms with E-state index in [1.807, 2.05) is 42.5 Å². The van der Waals surface area contributed by atoms with E-state index in [2.05, 4.69) is 5.32 Å². The zero-order valence-corrected chi connectivity index (χ0v) is 14.1. The molecule has 0 aromatic heterocycles. The Morgan fingerprint density at radius 3 is 2.57 bits per heavy atom. The summed E-state index contributed by atoms with van der Waals surface area (Å²) in [5.74, 6) is 1.40. The summed E-state index contributed by atoms with van der Waals surface area (Å²) < 4.78 is 11.4. The predicted octanol–water partition coefficient (Wildman–Crippen LogP) is 3.40. The van der Waals surface area contributed by atoms with Gasteiger partial charge in [0.05, 0.1) is 13.2 Å². The number of rotatable bonds is 8. The van der Waals surface area contributed by atoms with Gasteiger partial charge in [0.25, 0.3) is 0 Å². The fourth-order valence-corrected chi connectivity index (χ4v) is 2.30. The molecule has 5 heteroatoms. The molecule has 2 N–H and O–H groups in total. The Balaban J connectivity index is 2.09. The van der Waals surface area contributed by atoms with Crippen LogP contribution >= 0.6 is 11.6 Å². The second kappa shape index (κ2) is 8.77. The van der Waals surface area contributed by atoms with Crippen LogP contribution in [0.3, 0.4) is 0 Å². The van der Waals surface area contributed by atoms with Crippen molar-refractivity contribution in [1.29, 1.82) is 0 Å². The first-order valence-electron chi connectivity index (χ1n) is 7.52. The van der Waals surface area contributed by atoms with Gasteiger partial charge in [-0.1, -0.05) is 35.9 Å². The molecule has 2 aromatic carbocycles. The first-order valence-corrected chi connectivity index (χ1v) is 7.90. The quantitative estimate of drug-likeness (QED) is 0.776. The van der Waals surface area contributed by atoms with Gasteiger partial charge in [0.15, 0.2) is 11.5 Å². The van der Waals surface area contributed by atoms with Crippen molar-refractivity contribution in [3.8, 4) is 11.5 Å². The molecule has 124 valence electrons. The van der Waals surface area contributed by atoms with E-state index in [0.717, 1.165) is 11.1 Å². The van der Waals surface area contributed by atoms with E-state index in [-0.39, 0.29) is 6.10 Å². The number of nitrogens with one attached hydrogen (secondary N) is 1. The highest BCUT2D eigenvalue weighted by molar-refractivity contribution is 6.30. The largest absolute Gasteiger partial charge is 0.493 e. The molecule has 0 heterocycles. The molecule has 0 fully saturated rings. The molecule has 0 saturated heterocycles. The molecule has 0 spiro atoms. The molecule has 0 aliphatic rings. The highest BCUT2D eigenvalue weighted by atomic mass is 35.5. The first kappa shape index (κ1) is 17.6. The summed E-state index contributed by atoms with van der Waals surface area (Å²) in [4.78, 5) is 0. The van der Waals surface area contributed by atoms with E-state index in [0.29, 0.717) is 36.2 Å². The van der Waals surface area contributed by atoms with Crippen LogP contribution in [0.4, 0.5) is 0 Å². The lowest BCUT2D eigenvalue weighted by Crippen LogP contribution is -2.24. The monoisotopic (exact) mass is 335 g/mol. The fourth-order valence-electron chi connectivity index (χ4n) is 2.18. The first-order chi connectivity index (χ1) is 11.1. The van der Waals surface area contributed by atoms with E-state index in [1.165, 1.54) is 0 Å². The Hall–Kier alpha value is -1.75. The minimum absolute atomic E-state index is 0.390. The van der Waals surface area contributed by atoms with Gasteiger partial charge in [-0.3, -0.25) is 0 Å². The highest BCUT2D eigenvalue weighted by Gasteiger charge is 2.11. The van der Waals surface area contributed by atoms with Crippen LogP contribution in [0.1, 0.15) is 18.1 Å². The number of ether oxygens (including phenoxy) is 2. The molecular weight excluding hydrogens is 314 g/mol. The van der Waals surface area contributed by atoms with E-state index in [1.54, 1.807) is 14.0 Å². The maximum absolute atomic E-state index is 9.35. The van der Waals surface area contributed by atoms with Crippen LogP contribution in [0.2, 0.25) is 5.02 Å². The van der Waals surface area contributed by atoms with E-state index < -0.39 is 0 Å². The second-order valence-electron chi connectivity index (χ2n) is 5.34. The van der Waals surface area contributed by atoms with Crippen LogP contribution in [0.5, 0.6) is 11.5 Å². The molecular formula is C18H22ClNO3. The maximum Gasteiger partial charge on any atom is 0.166 e. The van der Waals surface area contributed by atoms with Crippen molar-refractivity contribution in [2.24, 2.45) is 0 Å².